The molecular weight excluding hydrogens is 294 g/mol. The van der Waals surface area contributed by atoms with Crippen LogP contribution in [-0.4, -0.2) is 22.0 Å². The third-order valence-corrected chi connectivity index (χ3v) is 4.35. The first-order valence-corrected chi connectivity index (χ1v) is 7.59. The van der Waals surface area contributed by atoms with Gasteiger partial charge in [-0.15, -0.1) is 11.3 Å². The van der Waals surface area contributed by atoms with Crippen molar-refractivity contribution in [2.24, 2.45) is 5.73 Å². The van der Waals surface area contributed by atoms with Crippen LogP contribution in [0.25, 0.3) is 0 Å². The largest absolute Gasteiger partial charge is 0.366 e. The predicted octanol–water partition coefficient (Wildman–Crippen LogP) is 2.36. The van der Waals surface area contributed by atoms with Crippen molar-refractivity contribution < 1.29 is 9.59 Å². The van der Waals surface area contributed by atoms with Gasteiger partial charge in [0, 0.05) is 6.20 Å². The molecule has 0 bridgehead atoms. The Morgan fingerprint density at radius 3 is 2.85 bits per heavy atom. The number of hydrogen-bond donors (Lipinski definition) is 2. The Labute approximate surface area is 124 Å². The molecule has 1 unspecified atom stereocenters. The predicted molar refractivity (Wildman–Crippen MR) is 81.0 cm³/mol. The molecule has 20 heavy (non-hydrogen) atoms. The first-order chi connectivity index (χ1) is 9.58. The molecule has 2 heterocycles. The highest BCUT2D eigenvalue weighted by molar-refractivity contribution is 8.00. The van der Waals surface area contributed by atoms with Crippen LogP contribution in [0.2, 0.25) is 0 Å². The van der Waals surface area contributed by atoms with Crippen molar-refractivity contribution in [2.45, 2.75) is 17.2 Å². The summed E-state index contributed by atoms with van der Waals surface area (Å²) in [6.07, 6.45) is 1.68. The number of nitrogens with one attached hydrogen (secondary N) is 1. The molecule has 5 nitrogen and oxygen atoms in total. The van der Waals surface area contributed by atoms with Crippen LogP contribution in [0.3, 0.4) is 0 Å². The molecule has 0 spiro atoms. The van der Waals surface area contributed by atoms with Gasteiger partial charge in [-0.25, -0.2) is 4.98 Å². The second kappa shape index (κ2) is 6.53. The lowest BCUT2D eigenvalue weighted by Crippen LogP contribution is -2.23. The molecule has 2 amide bonds. The van der Waals surface area contributed by atoms with Crippen molar-refractivity contribution in [3.63, 3.8) is 0 Å². The fourth-order valence-electron chi connectivity index (χ4n) is 1.47. The van der Waals surface area contributed by atoms with Crippen LogP contribution in [0, 0.1) is 0 Å². The van der Waals surface area contributed by atoms with Crippen LogP contribution < -0.4 is 11.1 Å². The number of amides is 2. The average Bonchev–Trinajstić information content (AvgIpc) is 2.88. The molecule has 2 aromatic rings. The second-order valence-electron chi connectivity index (χ2n) is 3.94. The van der Waals surface area contributed by atoms with Crippen molar-refractivity contribution in [3.05, 3.63) is 41.4 Å². The highest BCUT2D eigenvalue weighted by atomic mass is 32.2. The van der Waals surface area contributed by atoms with Crippen LogP contribution in [0.1, 0.15) is 17.3 Å². The number of thioether (sulfide) groups is 1. The molecule has 104 valence electrons. The zero-order valence-corrected chi connectivity index (χ0v) is 12.3. The van der Waals surface area contributed by atoms with E-state index in [1.807, 2.05) is 18.2 Å². The third-order valence-electron chi connectivity index (χ3n) is 2.47. The number of anilines is 1. The van der Waals surface area contributed by atoms with Gasteiger partial charge in [-0.2, -0.15) is 0 Å². The van der Waals surface area contributed by atoms with E-state index in [-0.39, 0.29) is 11.2 Å². The maximum atomic E-state index is 12.1. The molecule has 0 fully saturated rings. The Morgan fingerprint density at radius 1 is 1.40 bits per heavy atom. The zero-order valence-electron chi connectivity index (χ0n) is 10.7. The quantitative estimate of drug-likeness (QED) is 0.830. The number of thiophene rings is 1. The lowest BCUT2D eigenvalue weighted by atomic mass is 10.3. The summed E-state index contributed by atoms with van der Waals surface area (Å²) in [6, 6.07) is 7.12. The maximum Gasteiger partial charge on any atom is 0.251 e. The molecular formula is C13H13N3O2S2. The number of hydrogen-bond acceptors (Lipinski definition) is 5. The number of primary amides is 1. The Kier molecular flexibility index (Phi) is 4.75. The highest BCUT2D eigenvalue weighted by Gasteiger charge is 2.18. The number of rotatable bonds is 5. The lowest BCUT2D eigenvalue weighted by Gasteiger charge is -2.11. The highest BCUT2D eigenvalue weighted by Crippen LogP contribution is 2.26. The van der Waals surface area contributed by atoms with Crippen molar-refractivity contribution >= 4 is 39.9 Å². The molecule has 0 saturated carbocycles. The van der Waals surface area contributed by atoms with Gasteiger partial charge in [0.25, 0.3) is 5.91 Å². The van der Waals surface area contributed by atoms with Crippen LogP contribution >= 0.6 is 23.1 Å². The van der Waals surface area contributed by atoms with Crippen LogP contribution in [0.15, 0.2) is 40.9 Å². The molecule has 2 aromatic heterocycles. The second-order valence-corrected chi connectivity index (χ2v) is 6.22. The SMILES string of the molecule is CC(Sc1ccccn1)C(=O)Nc1sccc1C(N)=O. The summed E-state index contributed by atoms with van der Waals surface area (Å²) in [7, 11) is 0. The third kappa shape index (κ3) is 3.58. The first-order valence-electron chi connectivity index (χ1n) is 5.84. The molecule has 0 aromatic carbocycles. The van der Waals surface area contributed by atoms with Gasteiger partial charge in [0.1, 0.15) is 5.00 Å². The molecule has 0 radical (unpaired) electrons. The number of carbonyl (C=O) groups is 2. The number of carbonyl (C=O) groups excluding carboxylic acids is 2. The fraction of sp³-hybridized carbons (Fsp3) is 0.154. The van der Waals surface area contributed by atoms with Gasteiger partial charge in [-0.3, -0.25) is 9.59 Å². The standard InChI is InChI=1S/C13H13N3O2S2/c1-8(20-10-4-2-3-6-15-10)12(18)16-13-9(11(14)17)5-7-19-13/h2-8H,1H3,(H2,14,17)(H,16,18). The summed E-state index contributed by atoms with van der Waals surface area (Å²) in [6.45, 7) is 1.78. The van der Waals surface area contributed by atoms with E-state index in [0.717, 1.165) is 5.03 Å². The van der Waals surface area contributed by atoms with Crippen LogP contribution in [-0.2, 0) is 4.79 Å². The minimum atomic E-state index is -0.549. The maximum absolute atomic E-state index is 12.1. The Bertz CT molecular complexity index is 613. The number of nitrogens with two attached hydrogens (primary N) is 1. The normalized spacial score (nSPS) is 11.8. The van der Waals surface area contributed by atoms with Gasteiger partial charge >= 0.3 is 0 Å². The van der Waals surface area contributed by atoms with Gasteiger partial charge < -0.3 is 11.1 Å². The molecule has 3 N–H and O–H groups in total. The van der Waals surface area contributed by atoms with Crippen molar-refractivity contribution in [1.82, 2.24) is 4.98 Å². The summed E-state index contributed by atoms with van der Waals surface area (Å²) in [4.78, 5) is 27.4. The van der Waals surface area contributed by atoms with E-state index in [9.17, 15) is 9.59 Å². The van der Waals surface area contributed by atoms with E-state index >= 15 is 0 Å². The number of pyridine rings is 1. The monoisotopic (exact) mass is 307 g/mol. The minimum absolute atomic E-state index is 0.189. The summed E-state index contributed by atoms with van der Waals surface area (Å²) in [5.74, 6) is -0.739. The van der Waals surface area contributed by atoms with E-state index in [4.69, 9.17) is 5.73 Å². The van der Waals surface area contributed by atoms with E-state index in [2.05, 4.69) is 10.3 Å². The number of aromatic nitrogens is 1. The fourth-order valence-corrected chi connectivity index (χ4v) is 3.07. The van der Waals surface area contributed by atoms with E-state index in [0.29, 0.717) is 10.6 Å². The minimum Gasteiger partial charge on any atom is -0.366 e. The van der Waals surface area contributed by atoms with E-state index < -0.39 is 5.91 Å². The molecule has 1 atom stereocenters. The van der Waals surface area contributed by atoms with Crippen molar-refractivity contribution in [3.8, 4) is 0 Å². The lowest BCUT2D eigenvalue weighted by molar-refractivity contribution is -0.115. The molecule has 0 saturated heterocycles. The molecule has 0 aliphatic rings. The van der Waals surface area contributed by atoms with E-state index in [1.54, 1.807) is 24.6 Å². The number of nitrogens with zero attached hydrogens (tertiary/aromatic N) is 1. The van der Waals surface area contributed by atoms with Gasteiger partial charge in [-0.1, -0.05) is 17.8 Å². The molecule has 0 aliphatic heterocycles. The topological polar surface area (TPSA) is 85.1 Å². The van der Waals surface area contributed by atoms with E-state index in [1.165, 1.54) is 23.1 Å². The Morgan fingerprint density at radius 2 is 2.20 bits per heavy atom. The summed E-state index contributed by atoms with van der Waals surface area (Å²) in [5.41, 5.74) is 5.57. The zero-order chi connectivity index (χ0) is 14.5. The first kappa shape index (κ1) is 14.5. The van der Waals surface area contributed by atoms with Gasteiger partial charge in [0.2, 0.25) is 5.91 Å². The molecule has 7 heteroatoms. The summed E-state index contributed by atoms with van der Waals surface area (Å²) in [5, 5.41) is 5.37. The van der Waals surface area contributed by atoms with Gasteiger partial charge in [-0.05, 0) is 30.5 Å². The Balaban J connectivity index is 2.01. The van der Waals surface area contributed by atoms with Gasteiger partial charge in [0.05, 0.1) is 15.8 Å². The van der Waals surface area contributed by atoms with Crippen LogP contribution in [0.4, 0.5) is 5.00 Å². The van der Waals surface area contributed by atoms with Crippen LogP contribution in [0.5, 0.6) is 0 Å². The molecule has 2 rings (SSSR count). The summed E-state index contributed by atoms with van der Waals surface area (Å²) < 4.78 is 0. The summed E-state index contributed by atoms with van der Waals surface area (Å²) >= 11 is 2.63. The smallest absolute Gasteiger partial charge is 0.251 e. The average molecular weight is 307 g/mol. The molecule has 0 aliphatic carbocycles. The van der Waals surface area contributed by atoms with Gasteiger partial charge in [0.15, 0.2) is 0 Å². The Hall–Kier alpha value is -1.86. The van der Waals surface area contributed by atoms with Crippen molar-refractivity contribution in [1.29, 1.82) is 0 Å². The van der Waals surface area contributed by atoms with Crippen molar-refractivity contribution in [2.75, 3.05) is 5.32 Å².